The van der Waals surface area contributed by atoms with Crippen LogP contribution in [-0.4, -0.2) is 19.4 Å². The molecular weight excluding hydrogens is 432 g/mol. The van der Waals surface area contributed by atoms with E-state index < -0.39 is 0 Å². The largest absolute Gasteiger partial charge is 0.490 e. The van der Waals surface area contributed by atoms with Crippen LogP contribution in [0.5, 0.6) is 11.5 Å². The van der Waals surface area contributed by atoms with Gasteiger partial charge in [-0.3, -0.25) is 4.99 Å². The highest BCUT2D eigenvalue weighted by molar-refractivity contribution is 5.83. The normalized spacial score (nSPS) is 20.1. The molecule has 0 spiro atoms. The Morgan fingerprint density at radius 3 is 2.71 bits per heavy atom. The lowest BCUT2D eigenvalue weighted by Crippen LogP contribution is -2.29. The first-order chi connectivity index (χ1) is 17.2. The van der Waals surface area contributed by atoms with Crippen molar-refractivity contribution in [3.05, 3.63) is 95.1 Å². The summed E-state index contributed by atoms with van der Waals surface area (Å²) in [7, 11) is 0. The van der Waals surface area contributed by atoms with Crippen molar-refractivity contribution in [2.45, 2.75) is 32.2 Å². The average Bonchev–Trinajstić information content (AvgIpc) is 3.38. The van der Waals surface area contributed by atoms with Gasteiger partial charge in [-0.05, 0) is 79.3 Å². The quantitative estimate of drug-likeness (QED) is 0.234. The lowest BCUT2D eigenvalue weighted by molar-refractivity contribution is 0.299. The van der Waals surface area contributed by atoms with E-state index >= 15 is 0 Å². The van der Waals surface area contributed by atoms with Crippen LogP contribution in [0.15, 0.2) is 77.8 Å². The molecule has 0 amide bonds. The molecule has 0 saturated heterocycles. The van der Waals surface area contributed by atoms with Crippen molar-refractivity contribution in [2.24, 2.45) is 10.9 Å². The second-order valence-electron chi connectivity index (χ2n) is 9.05. The molecule has 1 heterocycles. The number of terminal acetylenes is 1. The summed E-state index contributed by atoms with van der Waals surface area (Å²) < 4.78 is 11.3. The van der Waals surface area contributed by atoms with E-state index in [0.29, 0.717) is 29.9 Å². The van der Waals surface area contributed by atoms with E-state index in [1.165, 1.54) is 22.4 Å². The van der Waals surface area contributed by atoms with Gasteiger partial charge >= 0.3 is 0 Å². The first-order valence-electron chi connectivity index (χ1n) is 12.2. The topological polar surface area (TPSA) is 42.8 Å². The maximum atomic E-state index is 5.71. The Morgan fingerprint density at radius 2 is 1.91 bits per heavy atom. The maximum Gasteiger partial charge on any atom is 0.162 e. The Balaban J connectivity index is 1.33. The number of allylic oxidation sites excluding steroid dienone is 2. The molecule has 5 rings (SSSR count). The van der Waals surface area contributed by atoms with E-state index in [1.54, 1.807) is 0 Å². The second kappa shape index (κ2) is 10.1. The number of anilines is 1. The molecule has 0 saturated carbocycles. The first-order valence-corrected chi connectivity index (χ1v) is 12.2. The van der Waals surface area contributed by atoms with Gasteiger partial charge in [0.25, 0.3) is 0 Å². The Labute approximate surface area is 207 Å². The summed E-state index contributed by atoms with van der Waals surface area (Å²) in [5, 5.41) is 3.81. The molecule has 1 aliphatic carbocycles. The number of ether oxygens (including phenoxy) is 2. The van der Waals surface area contributed by atoms with Crippen molar-refractivity contribution in [3.8, 4) is 23.8 Å². The molecule has 1 aliphatic heterocycles. The van der Waals surface area contributed by atoms with Crippen LogP contribution in [0.25, 0.3) is 0 Å². The Hall–Kier alpha value is -3.97. The minimum Gasteiger partial charge on any atom is -0.490 e. The summed E-state index contributed by atoms with van der Waals surface area (Å²) in [5.74, 6) is 4.80. The summed E-state index contributed by atoms with van der Waals surface area (Å²) in [4.78, 5) is 4.68. The summed E-state index contributed by atoms with van der Waals surface area (Å²) in [6, 6.07) is 21.3. The predicted molar refractivity (Wildman–Crippen MR) is 143 cm³/mol. The third kappa shape index (κ3) is 4.81. The number of hydrogen-bond acceptors (Lipinski definition) is 4. The van der Waals surface area contributed by atoms with Crippen LogP contribution in [0.2, 0.25) is 0 Å². The first kappa shape index (κ1) is 22.8. The van der Waals surface area contributed by atoms with E-state index in [9.17, 15) is 0 Å². The van der Waals surface area contributed by atoms with Crippen molar-refractivity contribution >= 4 is 17.6 Å². The molecule has 0 fully saturated rings. The molecule has 3 atom stereocenters. The SMILES string of the molecule is C#CCOc1ccc(C=Nc2ccc([C@@H]3Nc4ccc(C)cc4[C@H]4C=CC[C@@H]43)cc2)cc1OCC. The number of rotatable bonds is 7. The minimum atomic E-state index is 0.207. The highest BCUT2D eigenvalue weighted by Gasteiger charge is 2.37. The Kier molecular flexibility index (Phi) is 6.59. The van der Waals surface area contributed by atoms with Gasteiger partial charge in [0.1, 0.15) is 6.61 Å². The van der Waals surface area contributed by atoms with Crippen molar-refractivity contribution in [1.29, 1.82) is 0 Å². The molecule has 3 aromatic rings. The van der Waals surface area contributed by atoms with Crippen LogP contribution in [0.4, 0.5) is 11.4 Å². The number of nitrogens with one attached hydrogen (secondary N) is 1. The molecule has 0 radical (unpaired) electrons. The molecule has 0 aromatic heterocycles. The molecule has 2 aliphatic rings. The van der Waals surface area contributed by atoms with E-state index in [0.717, 1.165) is 17.7 Å². The molecular formula is C31H30N2O2. The van der Waals surface area contributed by atoms with Gasteiger partial charge in [-0.2, -0.15) is 0 Å². The van der Waals surface area contributed by atoms with Crippen molar-refractivity contribution in [3.63, 3.8) is 0 Å². The van der Waals surface area contributed by atoms with E-state index in [4.69, 9.17) is 15.9 Å². The summed E-state index contributed by atoms with van der Waals surface area (Å²) >= 11 is 0. The zero-order valence-corrected chi connectivity index (χ0v) is 20.2. The molecule has 176 valence electrons. The van der Waals surface area contributed by atoms with E-state index in [2.05, 4.69) is 77.8 Å². The predicted octanol–water partition coefficient (Wildman–Crippen LogP) is 6.98. The monoisotopic (exact) mass is 462 g/mol. The molecule has 4 heteroatoms. The van der Waals surface area contributed by atoms with Gasteiger partial charge in [-0.1, -0.05) is 47.9 Å². The highest BCUT2D eigenvalue weighted by Crippen LogP contribution is 2.50. The third-order valence-corrected chi connectivity index (χ3v) is 6.71. The third-order valence-electron chi connectivity index (χ3n) is 6.71. The molecule has 4 nitrogen and oxygen atoms in total. The van der Waals surface area contributed by atoms with Crippen LogP contribution in [0, 0.1) is 25.2 Å². The van der Waals surface area contributed by atoms with Gasteiger partial charge in [0.05, 0.1) is 18.3 Å². The van der Waals surface area contributed by atoms with Crippen LogP contribution in [0.3, 0.4) is 0 Å². The smallest absolute Gasteiger partial charge is 0.162 e. The summed E-state index contributed by atoms with van der Waals surface area (Å²) in [5.41, 5.74) is 7.12. The number of aliphatic imine (C=N–C) groups is 1. The second-order valence-corrected chi connectivity index (χ2v) is 9.05. The fourth-order valence-electron chi connectivity index (χ4n) is 5.07. The Bertz CT molecular complexity index is 1300. The van der Waals surface area contributed by atoms with Gasteiger partial charge in [0.2, 0.25) is 0 Å². The zero-order valence-electron chi connectivity index (χ0n) is 20.2. The lowest BCUT2D eigenvalue weighted by Gasteiger charge is -2.37. The number of hydrogen-bond donors (Lipinski definition) is 1. The fraction of sp³-hybridized carbons (Fsp3) is 0.258. The fourth-order valence-corrected chi connectivity index (χ4v) is 5.07. The number of nitrogens with zero attached hydrogens (tertiary/aromatic N) is 1. The van der Waals surface area contributed by atoms with Crippen LogP contribution in [0.1, 0.15) is 47.6 Å². The molecule has 3 aromatic carbocycles. The van der Waals surface area contributed by atoms with E-state index in [-0.39, 0.29) is 12.6 Å². The van der Waals surface area contributed by atoms with E-state index in [1.807, 2.05) is 31.3 Å². The molecule has 0 unspecified atom stereocenters. The van der Waals surface area contributed by atoms with Gasteiger partial charge in [0.15, 0.2) is 11.5 Å². The lowest BCUT2D eigenvalue weighted by atomic mass is 9.76. The van der Waals surface area contributed by atoms with Crippen molar-refractivity contribution < 1.29 is 9.47 Å². The minimum absolute atomic E-state index is 0.207. The van der Waals surface area contributed by atoms with Crippen LogP contribution < -0.4 is 14.8 Å². The number of benzene rings is 3. The summed E-state index contributed by atoms with van der Waals surface area (Å²) in [6.07, 6.45) is 13.0. The van der Waals surface area contributed by atoms with Gasteiger partial charge in [-0.25, -0.2) is 0 Å². The van der Waals surface area contributed by atoms with Crippen molar-refractivity contribution in [1.82, 2.24) is 0 Å². The number of fused-ring (bicyclic) bond motifs is 3. The van der Waals surface area contributed by atoms with Crippen LogP contribution >= 0.6 is 0 Å². The molecule has 0 bridgehead atoms. The standard InChI is InChI=1S/C31H30N2O2/c1-4-17-35-29-16-10-22(19-30(29)34-5-2)20-32-24-13-11-23(12-14-24)31-26-8-6-7-25(26)27-18-21(3)9-15-28(27)33-31/h1,6-7,9-16,18-20,25-26,31,33H,5,8,17H2,2-3H3/t25-,26-,31-/m0/s1. The van der Waals surface area contributed by atoms with Gasteiger partial charge in [0, 0.05) is 17.8 Å². The average molecular weight is 463 g/mol. The Morgan fingerprint density at radius 1 is 1.06 bits per heavy atom. The van der Waals surface area contributed by atoms with Gasteiger partial charge in [-0.15, -0.1) is 6.42 Å². The molecule has 35 heavy (non-hydrogen) atoms. The zero-order chi connectivity index (χ0) is 24.2. The van der Waals surface area contributed by atoms with Crippen LogP contribution in [-0.2, 0) is 0 Å². The summed E-state index contributed by atoms with van der Waals surface area (Å²) in [6.45, 7) is 4.86. The van der Waals surface area contributed by atoms with Gasteiger partial charge < -0.3 is 14.8 Å². The number of aryl methyl sites for hydroxylation is 1. The molecule has 1 N–H and O–H groups in total. The highest BCUT2D eigenvalue weighted by atomic mass is 16.5. The van der Waals surface area contributed by atoms with Crippen molar-refractivity contribution in [2.75, 3.05) is 18.5 Å². The maximum absolute atomic E-state index is 5.71.